The average molecular weight is 355 g/mol. The van der Waals surface area contributed by atoms with Gasteiger partial charge in [0, 0.05) is 57.3 Å². The van der Waals surface area contributed by atoms with Gasteiger partial charge in [0.2, 0.25) is 0 Å². The lowest BCUT2D eigenvalue weighted by molar-refractivity contribution is -0.137. The van der Waals surface area contributed by atoms with Crippen molar-refractivity contribution in [2.45, 2.75) is 32.5 Å². The van der Waals surface area contributed by atoms with E-state index in [2.05, 4.69) is 28.2 Å². The molecule has 0 aromatic carbocycles. The van der Waals surface area contributed by atoms with Crippen LogP contribution in [0.15, 0.2) is 24.0 Å². The Balaban J connectivity index is 1.88. The third-order valence-corrected chi connectivity index (χ3v) is 5.00. The van der Waals surface area contributed by atoms with E-state index in [0.29, 0.717) is 25.1 Å². The first kappa shape index (κ1) is 18.2. The topological polar surface area (TPSA) is 37.4 Å². The van der Waals surface area contributed by atoms with Crippen LogP contribution in [-0.4, -0.2) is 43.2 Å². The number of hydrogen-bond acceptors (Lipinski definition) is 4. The Bertz CT molecular complexity index is 653. The molecule has 0 unspecified atom stereocenters. The molecule has 1 aromatic rings. The van der Waals surface area contributed by atoms with E-state index < -0.39 is 11.7 Å². The fourth-order valence-electron chi connectivity index (χ4n) is 3.72. The van der Waals surface area contributed by atoms with Gasteiger partial charge >= 0.3 is 6.18 Å². The van der Waals surface area contributed by atoms with Crippen LogP contribution in [0.25, 0.3) is 0 Å². The standard InChI is InChI=1S/C18H24F3N3O/c1-3-4-16(17(12-25-2)10-22-11-17)24-6-5-15-13(9-24)7-14(8-23-15)18(19,20)21/h4,7-8,22H,3,5-6,9-12H2,1-2H3/b16-4+. The third kappa shape index (κ3) is 3.53. The molecule has 7 heteroatoms. The van der Waals surface area contributed by atoms with Crippen LogP contribution in [0, 0.1) is 5.41 Å². The van der Waals surface area contributed by atoms with Gasteiger partial charge in [0.15, 0.2) is 0 Å². The summed E-state index contributed by atoms with van der Waals surface area (Å²) in [6.07, 6.45) is 0.309. The molecule has 4 nitrogen and oxygen atoms in total. The molecule has 1 fully saturated rings. The van der Waals surface area contributed by atoms with Crippen LogP contribution in [-0.2, 0) is 23.9 Å². The summed E-state index contributed by atoms with van der Waals surface area (Å²) >= 11 is 0. The Morgan fingerprint density at radius 2 is 2.20 bits per heavy atom. The van der Waals surface area contributed by atoms with Gasteiger partial charge in [0.1, 0.15) is 0 Å². The van der Waals surface area contributed by atoms with E-state index in [9.17, 15) is 13.2 Å². The van der Waals surface area contributed by atoms with Crippen LogP contribution in [0.5, 0.6) is 0 Å². The van der Waals surface area contributed by atoms with Gasteiger partial charge in [-0.3, -0.25) is 4.98 Å². The highest BCUT2D eigenvalue weighted by Gasteiger charge is 2.43. The summed E-state index contributed by atoms with van der Waals surface area (Å²) in [5.74, 6) is 0. The summed E-state index contributed by atoms with van der Waals surface area (Å²) in [6.45, 7) is 5.57. The van der Waals surface area contributed by atoms with Crippen molar-refractivity contribution < 1.29 is 17.9 Å². The summed E-state index contributed by atoms with van der Waals surface area (Å²) in [5, 5.41) is 3.30. The highest BCUT2D eigenvalue weighted by Crippen LogP contribution is 2.38. The molecule has 0 aliphatic carbocycles. The summed E-state index contributed by atoms with van der Waals surface area (Å²) in [5.41, 5.74) is 1.86. The number of pyridine rings is 1. The molecule has 0 radical (unpaired) electrons. The van der Waals surface area contributed by atoms with E-state index in [4.69, 9.17) is 4.74 Å². The van der Waals surface area contributed by atoms with E-state index in [1.165, 1.54) is 11.8 Å². The maximum Gasteiger partial charge on any atom is 0.417 e. The molecule has 0 spiro atoms. The molecule has 1 aromatic heterocycles. The highest BCUT2D eigenvalue weighted by molar-refractivity contribution is 5.31. The number of rotatable bonds is 5. The minimum absolute atomic E-state index is 0.0860. The Hall–Kier alpha value is -1.60. The monoisotopic (exact) mass is 355 g/mol. The molecule has 2 aliphatic heterocycles. The number of hydrogen-bond donors (Lipinski definition) is 1. The van der Waals surface area contributed by atoms with Gasteiger partial charge < -0.3 is 15.0 Å². The first-order valence-corrected chi connectivity index (χ1v) is 8.60. The molecule has 138 valence electrons. The molecule has 0 amide bonds. The number of ether oxygens (including phenoxy) is 1. The summed E-state index contributed by atoms with van der Waals surface area (Å²) < 4.78 is 44.4. The number of allylic oxidation sites excluding steroid dienone is 1. The van der Waals surface area contributed by atoms with E-state index in [1.807, 2.05) is 0 Å². The molecule has 1 N–H and O–H groups in total. The molecular formula is C18H24F3N3O. The Morgan fingerprint density at radius 3 is 2.76 bits per heavy atom. The van der Waals surface area contributed by atoms with Crippen molar-refractivity contribution in [3.63, 3.8) is 0 Å². The molecule has 0 atom stereocenters. The second-order valence-electron chi connectivity index (χ2n) is 6.81. The zero-order valence-electron chi connectivity index (χ0n) is 14.6. The minimum atomic E-state index is -4.36. The molecular weight excluding hydrogens is 331 g/mol. The zero-order chi connectivity index (χ0) is 18.1. The smallest absolute Gasteiger partial charge is 0.384 e. The number of nitrogens with one attached hydrogen (secondary N) is 1. The van der Waals surface area contributed by atoms with Crippen LogP contribution in [0.1, 0.15) is 30.2 Å². The molecule has 3 heterocycles. The quantitative estimate of drug-likeness (QED) is 0.881. The van der Waals surface area contributed by atoms with E-state index in [0.717, 1.165) is 37.9 Å². The maximum atomic E-state index is 13.0. The largest absolute Gasteiger partial charge is 0.417 e. The van der Waals surface area contributed by atoms with Crippen molar-refractivity contribution in [3.8, 4) is 0 Å². The summed E-state index contributed by atoms with van der Waals surface area (Å²) in [7, 11) is 1.69. The van der Waals surface area contributed by atoms with Crippen molar-refractivity contribution in [1.82, 2.24) is 15.2 Å². The van der Waals surface area contributed by atoms with E-state index >= 15 is 0 Å². The molecule has 25 heavy (non-hydrogen) atoms. The van der Waals surface area contributed by atoms with Crippen LogP contribution in [0.4, 0.5) is 13.2 Å². The number of alkyl halides is 3. The maximum absolute atomic E-state index is 13.0. The number of aromatic nitrogens is 1. The van der Waals surface area contributed by atoms with Crippen molar-refractivity contribution in [2.75, 3.05) is 33.4 Å². The van der Waals surface area contributed by atoms with E-state index in [-0.39, 0.29) is 5.41 Å². The molecule has 3 rings (SSSR count). The van der Waals surface area contributed by atoms with Gasteiger partial charge in [-0.25, -0.2) is 0 Å². The SMILES string of the molecule is CC/C=C(/N1CCc2ncc(C(F)(F)F)cc2C1)C1(COC)CNC1. The molecule has 2 aliphatic rings. The average Bonchev–Trinajstić information content (AvgIpc) is 2.54. The number of methoxy groups -OCH3 is 1. The minimum Gasteiger partial charge on any atom is -0.384 e. The Kier molecular flexibility index (Phi) is 5.06. The van der Waals surface area contributed by atoms with Gasteiger partial charge in [-0.1, -0.05) is 13.0 Å². The normalized spacial score (nSPS) is 20.2. The van der Waals surface area contributed by atoms with Crippen molar-refractivity contribution in [3.05, 3.63) is 40.9 Å². The van der Waals surface area contributed by atoms with Crippen molar-refractivity contribution in [1.29, 1.82) is 0 Å². The molecule has 0 bridgehead atoms. The Morgan fingerprint density at radius 1 is 1.44 bits per heavy atom. The lowest BCUT2D eigenvalue weighted by Gasteiger charge is -2.49. The van der Waals surface area contributed by atoms with Gasteiger partial charge in [-0.05, 0) is 18.1 Å². The molecule has 1 saturated heterocycles. The summed E-state index contributed by atoms with van der Waals surface area (Å²) in [6, 6.07) is 1.25. The van der Waals surface area contributed by atoms with Crippen LogP contribution >= 0.6 is 0 Å². The summed E-state index contributed by atoms with van der Waals surface area (Å²) in [4.78, 5) is 6.26. The lowest BCUT2D eigenvalue weighted by atomic mass is 9.77. The fraction of sp³-hybridized carbons (Fsp3) is 0.611. The first-order valence-electron chi connectivity index (χ1n) is 8.60. The van der Waals surface area contributed by atoms with Crippen molar-refractivity contribution >= 4 is 0 Å². The zero-order valence-corrected chi connectivity index (χ0v) is 14.6. The predicted octanol–water partition coefficient (Wildman–Crippen LogP) is 2.99. The number of halogens is 3. The van der Waals surface area contributed by atoms with Gasteiger partial charge in [-0.15, -0.1) is 0 Å². The van der Waals surface area contributed by atoms with Crippen molar-refractivity contribution in [2.24, 2.45) is 5.41 Å². The predicted molar refractivity (Wildman–Crippen MR) is 88.9 cm³/mol. The van der Waals surface area contributed by atoms with Crippen LogP contribution < -0.4 is 5.32 Å². The van der Waals surface area contributed by atoms with E-state index in [1.54, 1.807) is 7.11 Å². The van der Waals surface area contributed by atoms with Gasteiger partial charge in [-0.2, -0.15) is 13.2 Å². The highest BCUT2D eigenvalue weighted by atomic mass is 19.4. The Labute approximate surface area is 146 Å². The number of nitrogens with zero attached hydrogens (tertiary/aromatic N) is 2. The van der Waals surface area contributed by atoms with Gasteiger partial charge in [0.25, 0.3) is 0 Å². The van der Waals surface area contributed by atoms with Crippen LogP contribution in [0.2, 0.25) is 0 Å². The third-order valence-electron chi connectivity index (χ3n) is 5.00. The molecule has 0 saturated carbocycles. The van der Waals surface area contributed by atoms with Gasteiger partial charge in [0.05, 0.1) is 17.6 Å². The second kappa shape index (κ2) is 6.96. The van der Waals surface area contributed by atoms with Crippen LogP contribution in [0.3, 0.4) is 0 Å². The fourth-order valence-corrected chi connectivity index (χ4v) is 3.72. The first-order chi connectivity index (χ1) is 11.9. The number of fused-ring (bicyclic) bond motifs is 1. The lowest BCUT2D eigenvalue weighted by Crippen LogP contribution is -2.60. The second-order valence-corrected chi connectivity index (χ2v) is 6.81.